The fourth-order valence-electron chi connectivity index (χ4n) is 3.51. The van der Waals surface area contributed by atoms with E-state index in [0.29, 0.717) is 19.4 Å². The average Bonchev–Trinajstić information content (AvgIpc) is 2.98. The van der Waals surface area contributed by atoms with E-state index in [4.69, 9.17) is 11.6 Å². The number of halogens is 1. The van der Waals surface area contributed by atoms with Gasteiger partial charge in [0.15, 0.2) is 0 Å². The van der Waals surface area contributed by atoms with E-state index >= 15 is 0 Å². The Morgan fingerprint density at radius 1 is 1.21 bits per heavy atom. The number of carbonyl (C=O) groups excluding carboxylic acids is 2. The zero-order valence-corrected chi connectivity index (χ0v) is 11.8. The molecule has 2 saturated heterocycles. The van der Waals surface area contributed by atoms with Gasteiger partial charge in [0.25, 0.3) is 0 Å². The maximum atomic E-state index is 12.3. The molecule has 2 fully saturated rings. The van der Waals surface area contributed by atoms with Crippen molar-refractivity contribution in [1.29, 1.82) is 0 Å². The van der Waals surface area contributed by atoms with Gasteiger partial charge in [-0.15, -0.1) is 0 Å². The summed E-state index contributed by atoms with van der Waals surface area (Å²) in [6, 6.07) is 0. The number of rotatable bonds is 3. The number of hydrogen-bond acceptors (Lipinski definition) is 2. The highest BCUT2D eigenvalue weighted by Gasteiger charge is 2.48. The Bertz CT molecular complexity index is 429. The number of nitrogens with one attached hydrogen (secondary N) is 1. The molecule has 104 valence electrons. The summed E-state index contributed by atoms with van der Waals surface area (Å²) in [7, 11) is 0. The van der Waals surface area contributed by atoms with Crippen molar-refractivity contribution in [3.8, 4) is 0 Å². The van der Waals surface area contributed by atoms with Gasteiger partial charge in [-0.05, 0) is 12.8 Å². The number of carbonyl (C=O) groups is 2. The Morgan fingerprint density at radius 3 is 2.63 bits per heavy atom. The van der Waals surface area contributed by atoms with E-state index in [-0.39, 0.29) is 23.7 Å². The Balaban J connectivity index is 1.63. The molecule has 0 aromatic carbocycles. The summed E-state index contributed by atoms with van der Waals surface area (Å²) in [6.07, 6.45) is 5.60. The topological polar surface area (TPSA) is 41.8 Å². The first-order chi connectivity index (χ1) is 9.16. The highest BCUT2D eigenvalue weighted by molar-refractivity contribution is 6.30. The van der Waals surface area contributed by atoms with Crippen LogP contribution in [0.5, 0.6) is 0 Å². The van der Waals surface area contributed by atoms with Crippen molar-refractivity contribution in [2.24, 2.45) is 11.8 Å². The van der Waals surface area contributed by atoms with Crippen molar-refractivity contribution < 1.29 is 14.5 Å². The lowest BCUT2D eigenvalue weighted by atomic mass is 9.85. The number of allylic oxidation sites excluding steroid dienone is 2. The first-order valence-electron chi connectivity index (χ1n) is 7.20. The van der Waals surface area contributed by atoms with Crippen LogP contribution in [-0.2, 0) is 9.59 Å². The number of quaternary nitrogens is 1. The molecule has 0 bridgehead atoms. The van der Waals surface area contributed by atoms with Crippen LogP contribution in [0.1, 0.15) is 25.7 Å². The Hall–Kier alpha value is -0.870. The molecule has 0 aromatic rings. The molecular formula is C14H20ClN2O2+. The monoisotopic (exact) mass is 283 g/mol. The maximum Gasteiger partial charge on any atom is 0.233 e. The summed E-state index contributed by atoms with van der Waals surface area (Å²) in [5, 5.41) is 0.731. The maximum absolute atomic E-state index is 12.3. The second-order valence-corrected chi connectivity index (χ2v) is 6.32. The van der Waals surface area contributed by atoms with Crippen molar-refractivity contribution >= 4 is 23.4 Å². The predicted molar refractivity (Wildman–Crippen MR) is 71.7 cm³/mol. The molecular weight excluding hydrogens is 264 g/mol. The first-order valence-corrected chi connectivity index (χ1v) is 7.58. The molecule has 5 heteroatoms. The summed E-state index contributed by atoms with van der Waals surface area (Å²) in [5.41, 5.74) is 0. The lowest BCUT2D eigenvalue weighted by molar-refractivity contribution is -0.886. The average molecular weight is 284 g/mol. The standard InChI is InChI=1S/C14H19ClN2O2/c15-10-3-4-11-12(9-10)14(19)17(13(11)18)8-7-16-5-1-2-6-16/h3,11-12H,1-2,4-9H2/p+1/t11-,12+/m1/s1. The molecule has 2 atom stereocenters. The molecule has 2 amide bonds. The third kappa shape index (κ3) is 2.43. The minimum Gasteiger partial charge on any atom is -0.333 e. The lowest BCUT2D eigenvalue weighted by Gasteiger charge is -2.18. The van der Waals surface area contributed by atoms with Crippen LogP contribution in [0.25, 0.3) is 0 Å². The van der Waals surface area contributed by atoms with Crippen LogP contribution in [-0.4, -0.2) is 42.9 Å². The Labute approximate surface area is 118 Å². The van der Waals surface area contributed by atoms with Crippen LogP contribution in [0.2, 0.25) is 0 Å². The van der Waals surface area contributed by atoms with Crippen molar-refractivity contribution in [2.75, 3.05) is 26.2 Å². The van der Waals surface area contributed by atoms with E-state index in [1.165, 1.54) is 35.7 Å². The van der Waals surface area contributed by atoms with Gasteiger partial charge < -0.3 is 4.90 Å². The number of fused-ring (bicyclic) bond motifs is 1. The Morgan fingerprint density at radius 2 is 1.89 bits per heavy atom. The minimum absolute atomic E-state index is 0.000142. The molecule has 3 aliphatic rings. The lowest BCUT2D eigenvalue weighted by Crippen LogP contribution is -3.10. The zero-order chi connectivity index (χ0) is 13.4. The molecule has 1 N–H and O–H groups in total. The molecule has 19 heavy (non-hydrogen) atoms. The number of hydrogen-bond donors (Lipinski definition) is 1. The van der Waals surface area contributed by atoms with Crippen LogP contribution in [0, 0.1) is 11.8 Å². The molecule has 2 heterocycles. The van der Waals surface area contributed by atoms with Gasteiger partial charge >= 0.3 is 0 Å². The quantitative estimate of drug-likeness (QED) is 0.751. The molecule has 0 saturated carbocycles. The highest BCUT2D eigenvalue weighted by Crippen LogP contribution is 2.38. The second-order valence-electron chi connectivity index (χ2n) is 5.84. The molecule has 0 radical (unpaired) electrons. The molecule has 1 aliphatic carbocycles. The molecule has 0 spiro atoms. The molecule has 0 unspecified atom stereocenters. The van der Waals surface area contributed by atoms with Gasteiger partial charge in [0.1, 0.15) is 0 Å². The second kappa shape index (κ2) is 5.25. The summed E-state index contributed by atoms with van der Waals surface area (Å²) >= 11 is 6.00. The smallest absolute Gasteiger partial charge is 0.233 e. The number of imide groups is 1. The molecule has 0 aromatic heterocycles. The minimum atomic E-state index is -0.196. The third-order valence-corrected chi connectivity index (χ3v) is 4.97. The van der Waals surface area contributed by atoms with E-state index in [1.54, 1.807) is 0 Å². The van der Waals surface area contributed by atoms with Crippen LogP contribution in [0.15, 0.2) is 11.1 Å². The zero-order valence-electron chi connectivity index (χ0n) is 11.0. The number of amides is 2. The molecule has 3 rings (SSSR count). The van der Waals surface area contributed by atoms with Crippen LogP contribution in [0.3, 0.4) is 0 Å². The van der Waals surface area contributed by atoms with Crippen molar-refractivity contribution in [3.05, 3.63) is 11.1 Å². The summed E-state index contributed by atoms with van der Waals surface area (Å²) in [5.74, 6) is -0.323. The fraction of sp³-hybridized carbons (Fsp3) is 0.714. The first kappa shape index (κ1) is 13.1. The number of likely N-dealkylation sites (tertiary alicyclic amines) is 2. The third-order valence-electron chi connectivity index (χ3n) is 4.66. The largest absolute Gasteiger partial charge is 0.333 e. The Kier molecular flexibility index (Phi) is 3.63. The summed E-state index contributed by atoms with van der Waals surface area (Å²) < 4.78 is 0. The van der Waals surface area contributed by atoms with Crippen molar-refractivity contribution in [1.82, 2.24) is 4.90 Å². The van der Waals surface area contributed by atoms with Crippen LogP contribution >= 0.6 is 11.6 Å². The van der Waals surface area contributed by atoms with Gasteiger partial charge in [0.2, 0.25) is 11.8 Å². The van der Waals surface area contributed by atoms with Gasteiger partial charge in [0, 0.05) is 17.9 Å². The van der Waals surface area contributed by atoms with Crippen molar-refractivity contribution in [3.63, 3.8) is 0 Å². The van der Waals surface area contributed by atoms with Crippen LogP contribution in [0.4, 0.5) is 0 Å². The van der Waals surface area contributed by atoms with Gasteiger partial charge in [0.05, 0.1) is 38.0 Å². The summed E-state index contributed by atoms with van der Waals surface area (Å²) in [4.78, 5) is 27.6. The van der Waals surface area contributed by atoms with E-state index in [1.807, 2.05) is 6.08 Å². The fourth-order valence-corrected chi connectivity index (χ4v) is 3.77. The predicted octanol–water partition coefficient (Wildman–Crippen LogP) is 0.183. The number of nitrogens with zero attached hydrogens (tertiary/aromatic N) is 1. The highest BCUT2D eigenvalue weighted by atomic mass is 35.5. The van der Waals surface area contributed by atoms with Gasteiger partial charge in [-0.3, -0.25) is 14.5 Å². The normalized spacial score (nSPS) is 31.8. The van der Waals surface area contributed by atoms with E-state index in [0.717, 1.165) is 11.6 Å². The molecule has 2 aliphatic heterocycles. The van der Waals surface area contributed by atoms with Gasteiger partial charge in [-0.2, -0.15) is 0 Å². The van der Waals surface area contributed by atoms with E-state index < -0.39 is 0 Å². The van der Waals surface area contributed by atoms with Gasteiger partial charge in [-0.1, -0.05) is 17.7 Å². The van der Waals surface area contributed by atoms with Crippen LogP contribution < -0.4 is 4.90 Å². The van der Waals surface area contributed by atoms with Gasteiger partial charge in [-0.25, -0.2) is 0 Å². The molecule has 4 nitrogen and oxygen atoms in total. The SMILES string of the molecule is O=C1[C@H]2CC(Cl)=CC[C@H]2C(=O)N1CC[NH+]1CCCC1. The van der Waals surface area contributed by atoms with E-state index in [9.17, 15) is 9.59 Å². The van der Waals surface area contributed by atoms with E-state index in [2.05, 4.69) is 0 Å². The summed E-state index contributed by atoms with van der Waals surface area (Å²) in [6.45, 7) is 3.84. The van der Waals surface area contributed by atoms with Crippen molar-refractivity contribution in [2.45, 2.75) is 25.7 Å².